The third kappa shape index (κ3) is 7.39. The predicted octanol–water partition coefficient (Wildman–Crippen LogP) is 4.66. The zero-order valence-electron chi connectivity index (χ0n) is 27.7. The fourth-order valence-electron chi connectivity index (χ4n) is 6.11. The molecular formula is C33H53N4O4+. The first-order chi connectivity index (χ1) is 18.7. The van der Waals surface area contributed by atoms with E-state index in [4.69, 9.17) is 4.74 Å². The summed E-state index contributed by atoms with van der Waals surface area (Å²) < 4.78 is 7.35. The van der Waals surface area contributed by atoms with Crippen molar-refractivity contribution < 1.29 is 23.6 Å². The molecule has 0 radical (unpaired) electrons. The molecule has 2 rings (SSSR count). The molecule has 0 aliphatic rings. The molecule has 2 aromatic rings. The van der Waals surface area contributed by atoms with E-state index in [2.05, 4.69) is 42.1 Å². The molecule has 0 unspecified atom stereocenters. The van der Waals surface area contributed by atoms with Crippen molar-refractivity contribution in [1.29, 1.82) is 0 Å². The molecule has 2 amide bonds. The molecule has 8 heteroatoms. The summed E-state index contributed by atoms with van der Waals surface area (Å²) in [6, 6.07) is 6.58. The van der Waals surface area contributed by atoms with Crippen LogP contribution in [0.5, 0.6) is 0 Å². The Hall–Kier alpha value is -3.13. The van der Waals surface area contributed by atoms with Gasteiger partial charge in [-0.15, -0.1) is 0 Å². The van der Waals surface area contributed by atoms with Crippen LogP contribution in [-0.2, 0) is 31.6 Å². The van der Waals surface area contributed by atoms with Gasteiger partial charge in [0.15, 0.2) is 6.04 Å². The maximum Gasteiger partial charge on any atom is 0.333 e. The Morgan fingerprint density at radius 1 is 1.05 bits per heavy atom. The van der Waals surface area contributed by atoms with Crippen LogP contribution in [0.2, 0.25) is 0 Å². The highest BCUT2D eigenvalue weighted by Crippen LogP contribution is 2.38. The lowest BCUT2D eigenvalue weighted by molar-refractivity contribution is -0.891. The van der Waals surface area contributed by atoms with Gasteiger partial charge in [-0.1, -0.05) is 58.9 Å². The van der Waals surface area contributed by atoms with E-state index >= 15 is 0 Å². The van der Waals surface area contributed by atoms with E-state index in [1.54, 1.807) is 24.9 Å². The summed E-state index contributed by atoms with van der Waals surface area (Å²) in [4.78, 5) is 42.2. The summed E-state index contributed by atoms with van der Waals surface area (Å²) in [6.07, 6.45) is 3.89. The number of aromatic nitrogens is 1. The number of amides is 2. The second-order valence-corrected chi connectivity index (χ2v) is 14.2. The quantitative estimate of drug-likeness (QED) is 0.256. The molecule has 0 bridgehead atoms. The number of hydrogen-bond acceptors (Lipinski definition) is 4. The van der Waals surface area contributed by atoms with Crippen LogP contribution in [0.1, 0.15) is 61.0 Å². The zero-order chi connectivity index (χ0) is 31.7. The van der Waals surface area contributed by atoms with Gasteiger partial charge in [0, 0.05) is 36.8 Å². The molecule has 1 N–H and O–H groups in total. The topological polar surface area (TPSA) is 80.6 Å². The highest BCUT2D eigenvalue weighted by molar-refractivity contribution is 5.92. The van der Waals surface area contributed by atoms with Gasteiger partial charge in [0.25, 0.3) is 5.91 Å². The van der Waals surface area contributed by atoms with Crippen LogP contribution < -0.4 is 5.32 Å². The Morgan fingerprint density at radius 2 is 1.61 bits per heavy atom. The highest BCUT2D eigenvalue weighted by Gasteiger charge is 2.49. The van der Waals surface area contributed by atoms with Crippen LogP contribution in [0, 0.1) is 11.3 Å². The number of quaternary nitrogens is 1. The average molecular weight is 570 g/mol. The standard InChI is InChI=1S/C33H52N4O4/c1-21(2)26(19-22(3)31(40)41-14)36(10)30(39)27(32(4,5)6)34-29(38)28(37(11,12)13)33(7,8)24-20-35(9)25-18-16-15-17-23(24)25/h15-21,26-28H,1-14H3/p+1/t26-,27-,28-/m1/s1. The molecule has 8 nitrogen and oxygen atoms in total. The van der Waals surface area contributed by atoms with Crippen molar-refractivity contribution in [3.05, 3.63) is 47.7 Å². The largest absolute Gasteiger partial charge is 0.466 e. The van der Waals surface area contributed by atoms with Crippen LogP contribution in [0.15, 0.2) is 42.1 Å². The molecular weight excluding hydrogens is 516 g/mol. The fraction of sp³-hybridized carbons (Fsp3) is 0.606. The van der Waals surface area contributed by atoms with Crippen LogP contribution >= 0.6 is 0 Å². The fourth-order valence-corrected chi connectivity index (χ4v) is 6.11. The Labute approximate surface area is 247 Å². The van der Waals surface area contributed by atoms with Gasteiger partial charge in [0.1, 0.15) is 6.04 Å². The first kappa shape index (κ1) is 34.1. The lowest BCUT2D eigenvalue weighted by Crippen LogP contribution is -2.65. The van der Waals surface area contributed by atoms with Crippen molar-refractivity contribution in [3.8, 4) is 0 Å². The summed E-state index contributed by atoms with van der Waals surface area (Å²) in [5.74, 6) is -0.788. The van der Waals surface area contributed by atoms with Gasteiger partial charge < -0.3 is 24.0 Å². The summed E-state index contributed by atoms with van der Waals surface area (Å²) in [5, 5.41) is 4.30. The number of ether oxygens (including phenoxy) is 1. The lowest BCUT2D eigenvalue weighted by atomic mass is 9.75. The van der Waals surface area contributed by atoms with Gasteiger partial charge in [-0.2, -0.15) is 0 Å². The van der Waals surface area contributed by atoms with E-state index in [-0.39, 0.29) is 23.8 Å². The van der Waals surface area contributed by atoms with E-state index in [1.807, 2.05) is 74.9 Å². The molecule has 0 fully saturated rings. The number of rotatable bonds is 10. The van der Waals surface area contributed by atoms with Crippen molar-refractivity contribution in [3.63, 3.8) is 0 Å². The molecule has 0 spiro atoms. The molecule has 1 heterocycles. The first-order valence-electron chi connectivity index (χ1n) is 14.4. The van der Waals surface area contributed by atoms with Gasteiger partial charge in [-0.3, -0.25) is 9.59 Å². The number of benzene rings is 1. The SMILES string of the molecule is COC(=O)C(C)=C[C@H](C(C)C)N(C)C(=O)[C@@H](NC(=O)[C@H](C(C)(C)c1cn(C)c2ccccc12)[N+](C)(C)C)C(C)(C)C. The molecule has 41 heavy (non-hydrogen) atoms. The third-order valence-corrected chi connectivity index (χ3v) is 8.10. The van der Waals surface area contributed by atoms with Crippen LogP contribution in [-0.4, -0.2) is 85.2 Å². The van der Waals surface area contributed by atoms with E-state index in [0.717, 1.165) is 16.5 Å². The van der Waals surface area contributed by atoms with E-state index in [1.165, 1.54) is 7.11 Å². The minimum atomic E-state index is -0.787. The number of carbonyl (C=O) groups excluding carboxylic acids is 3. The number of nitrogens with one attached hydrogen (secondary N) is 1. The molecule has 0 aliphatic carbocycles. The average Bonchev–Trinajstić information content (AvgIpc) is 3.19. The molecule has 1 aromatic heterocycles. The number of nitrogens with zero attached hydrogens (tertiary/aromatic N) is 3. The molecule has 228 valence electrons. The van der Waals surface area contributed by atoms with Crippen LogP contribution in [0.25, 0.3) is 10.9 Å². The number of hydrogen-bond donors (Lipinski definition) is 1. The first-order valence-corrected chi connectivity index (χ1v) is 14.4. The zero-order valence-corrected chi connectivity index (χ0v) is 27.7. The number of para-hydroxylation sites is 1. The summed E-state index contributed by atoms with van der Waals surface area (Å²) >= 11 is 0. The number of esters is 1. The van der Waals surface area contributed by atoms with E-state index in [9.17, 15) is 14.4 Å². The van der Waals surface area contributed by atoms with E-state index in [0.29, 0.717) is 10.1 Å². The van der Waals surface area contributed by atoms with E-state index < -0.39 is 28.9 Å². The van der Waals surface area contributed by atoms with Gasteiger partial charge in [0.05, 0.1) is 39.7 Å². The molecule has 0 saturated carbocycles. The number of carbonyl (C=O) groups is 3. The smallest absolute Gasteiger partial charge is 0.333 e. The maximum absolute atomic E-state index is 14.4. The van der Waals surface area contributed by atoms with Crippen molar-refractivity contribution in [2.75, 3.05) is 35.3 Å². The number of aryl methyl sites for hydroxylation is 1. The maximum atomic E-state index is 14.4. The summed E-state index contributed by atoms with van der Waals surface area (Å²) in [5.41, 5.74) is 1.49. The third-order valence-electron chi connectivity index (χ3n) is 8.10. The predicted molar refractivity (Wildman–Crippen MR) is 166 cm³/mol. The number of fused-ring (bicyclic) bond motifs is 1. The summed E-state index contributed by atoms with van der Waals surface area (Å²) in [7, 11) is 11.2. The van der Waals surface area contributed by atoms with Gasteiger partial charge >= 0.3 is 5.97 Å². The van der Waals surface area contributed by atoms with Crippen molar-refractivity contribution in [2.24, 2.45) is 18.4 Å². The number of likely N-dealkylation sites (N-methyl/N-ethyl adjacent to an activating group) is 2. The molecule has 1 aromatic carbocycles. The highest BCUT2D eigenvalue weighted by atomic mass is 16.5. The Kier molecular flexibility index (Phi) is 10.3. The number of methoxy groups -OCH3 is 1. The van der Waals surface area contributed by atoms with Crippen LogP contribution in [0.4, 0.5) is 0 Å². The van der Waals surface area contributed by atoms with Crippen molar-refractivity contribution in [2.45, 2.75) is 78.9 Å². The van der Waals surface area contributed by atoms with Gasteiger partial charge in [0.2, 0.25) is 5.91 Å². The van der Waals surface area contributed by atoms with Gasteiger partial charge in [-0.05, 0) is 43.7 Å². The second-order valence-electron chi connectivity index (χ2n) is 14.2. The minimum Gasteiger partial charge on any atom is -0.466 e. The second kappa shape index (κ2) is 12.4. The van der Waals surface area contributed by atoms with Gasteiger partial charge in [-0.25, -0.2) is 4.79 Å². The summed E-state index contributed by atoms with van der Waals surface area (Å²) in [6.45, 7) is 15.8. The van der Waals surface area contributed by atoms with Crippen molar-refractivity contribution >= 4 is 28.7 Å². The Morgan fingerprint density at radius 3 is 2.10 bits per heavy atom. The van der Waals surface area contributed by atoms with Crippen LogP contribution in [0.3, 0.4) is 0 Å². The molecule has 3 atom stereocenters. The minimum absolute atomic E-state index is 0.0316. The Balaban J connectivity index is 2.54. The normalized spacial score (nSPS) is 15.4. The van der Waals surface area contributed by atoms with Crippen molar-refractivity contribution in [1.82, 2.24) is 14.8 Å². The molecule has 0 saturated heterocycles. The monoisotopic (exact) mass is 569 g/mol. The molecule has 0 aliphatic heterocycles. The lowest BCUT2D eigenvalue weighted by Gasteiger charge is -2.44. The Bertz CT molecular complexity index is 1290.